The summed E-state index contributed by atoms with van der Waals surface area (Å²) < 4.78 is 39.5. The van der Waals surface area contributed by atoms with Crippen molar-refractivity contribution in [2.75, 3.05) is 0 Å². The Morgan fingerprint density at radius 2 is 1.52 bits per heavy atom. The SMILES string of the molecule is CC(C)Cc1ccc(CC(C)C)c(C(C)(O)C(F)(F)F)c1. The summed E-state index contributed by atoms with van der Waals surface area (Å²) >= 11 is 0. The first kappa shape index (κ1) is 18.0. The van der Waals surface area contributed by atoms with Crippen molar-refractivity contribution in [1.29, 1.82) is 0 Å². The molecular weight excluding hydrogens is 277 g/mol. The van der Waals surface area contributed by atoms with Gasteiger partial charge in [-0.25, -0.2) is 0 Å². The monoisotopic (exact) mass is 302 g/mol. The molecule has 0 spiro atoms. The molecule has 21 heavy (non-hydrogen) atoms. The average molecular weight is 302 g/mol. The molecule has 0 radical (unpaired) electrons. The molecule has 4 heteroatoms. The topological polar surface area (TPSA) is 20.2 Å². The molecule has 0 aliphatic heterocycles. The van der Waals surface area contributed by atoms with E-state index in [-0.39, 0.29) is 11.5 Å². The van der Waals surface area contributed by atoms with Gasteiger partial charge >= 0.3 is 6.18 Å². The normalized spacial score (nSPS) is 15.6. The van der Waals surface area contributed by atoms with Crippen LogP contribution in [-0.2, 0) is 18.4 Å². The minimum absolute atomic E-state index is 0.0122. The van der Waals surface area contributed by atoms with E-state index in [1.165, 1.54) is 6.07 Å². The molecule has 1 N–H and O–H groups in total. The highest BCUT2D eigenvalue weighted by molar-refractivity contribution is 5.37. The summed E-state index contributed by atoms with van der Waals surface area (Å²) in [6.45, 7) is 8.78. The number of rotatable bonds is 5. The van der Waals surface area contributed by atoms with Crippen molar-refractivity contribution < 1.29 is 18.3 Å². The number of alkyl halides is 3. The van der Waals surface area contributed by atoms with Crippen LogP contribution in [0.5, 0.6) is 0 Å². The van der Waals surface area contributed by atoms with E-state index in [4.69, 9.17) is 0 Å². The van der Waals surface area contributed by atoms with Crippen LogP contribution in [0.2, 0.25) is 0 Å². The molecule has 0 saturated heterocycles. The molecule has 1 aromatic rings. The number of benzene rings is 1. The Balaban J connectivity index is 3.35. The van der Waals surface area contributed by atoms with Crippen molar-refractivity contribution in [2.24, 2.45) is 11.8 Å². The highest BCUT2D eigenvalue weighted by Crippen LogP contribution is 2.40. The summed E-state index contributed by atoms with van der Waals surface area (Å²) in [4.78, 5) is 0. The first-order valence-corrected chi connectivity index (χ1v) is 7.36. The smallest absolute Gasteiger partial charge is 0.376 e. The number of hydrogen-bond acceptors (Lipinski definition) is 1. The van der Waals surface area contributed by atoms with E-state index >= 15 is 0 Å². The molecule has 1 atom stereocenters. The summed E-state index contributed by atoms with van der Waals surface area (Å²) in [5, 5.41) is 10.0. The van der Waals surface area contributed by atoms with E-state index in [1.807, 2.05) is 33.8 Å². The minimum atomic E-state index is -4.69. The van der Waals surface area contributed by atoms with Crippen LogP contribution in [0.1, 0.15) is 51.3 Å². The Morgan fingerprint density at radius 1 is 1.00 bits per heavy atom. The molecule has 0 aliphatic rings. The molecule has 1 unspecified atom stereocenters. The van der Waals surface area contributed by atoms with Crippen LogP contribution in [0.3, 0.4) is 0 Å². The van der Waals surface area contributed by atoms with E-state index in [0.717, 1.165) is 12.5 Å². The van der Waals surface area contributed by atoms with Gasteiger partial charge in [-0.3, -0.25) is 0 Å². The molecule has 0 bridgehead atoms. The number of halogens is 3. The van der Waals surface area contributed by atoms with Crippen LogP contribution >= 0.6 is 0 Å². The second-order valence-corrected chi connectivity index (χ2v) is 6.76. The van der Waals surface area contributed by atoms with Gasteiger partial charge in [0.25, 0.3) is 0 Å². The molecule has 0 amide bonds. The van der Waals surface area contributed by atoms with Crippen molar-refractivity contribution in [3.8, 4) is 0 Å². The second-order valence-electron chi connectivity index (χ2n) is 6.76. The molecule has 1 aromatic carbocycles. The molecule has 0 saturated carbocycles. The number of aliphatic hydroxyl groups is 1. The average Bonchev–Trinajstić information content (AvgIpc) is 2.28. The summed E-state index contributed by atoms with van der Waals surface area (Å²) in [6, 6.07) is 5.12. The summed E-state index contributed by atoms with van der Waals surface area (Å²) in [5.41, 5.74) is -1.43. The van der Waals surface area contributed by atoms with Gasteiger partial charge in [0.1, 0.15) is 0 Å². The van der Waals surface area contributed by atoms with E-state index in [9.17, 15) is 18.3 Å². The Kier molecular flexibility index (Phi) is 5.48. The number of hydrogen-bond donors (Lipinski definition) is 1. The van der Waals surface area contributed by atoms with Gasteiger partial charge in [-0.2, -0.15) is 13.2 Å². The Bertz CT molecular complexity index is 473. The largest absolute Gasteiger partial charge is 0.421 e. The van der Waals surface area contributed by atoms with Gasteiger partial charge in [0, 0.05) is 0 Å². The third kappa shape index (κ3) is 4.47. The lowest BCUT2D eigenvalue weighted by atomic mass is 9.85. The van der Waals surface area contributed by atoms with Crippen LogP contribution in [0.4, 0.5) is 13.2 Å². The highest BCUT2D eigenvalue weighted by atomic mass is 19.4. The second kappa shape index (κ2) is 6.39. The fraction of sp³-hybridized carbons (Fsp3) is 0.647. The molecule has 0 aliphatic carbocycles. The Hall–Kier alpha value is -1.03. The standard InChI is InChI=1S/C17H25F3O/c1-11(2)8-13-6-7-14(9-12(3)4)15(10-13)16(5,21)17(18,19)20/h6-7,10-12,21H,8-9H2,1-5H3. The Morgan fingerprint density at radius 3 is 1.95 bits per heavy atom. The molecule has 0 aromatic heterocycles. The minimum Gasteiger partial charge on any atom is -0.376 e. The third-order valence-corrected chi connectivity index (χ3v) is 3.52. The molecule has 0 heterocycles. The predicted molar refractivity (Wildman–Crippen MR) is 79.2 cm³/mol. The molecular formula is C17H25F3O. The maximum Gasteiger partial charge on any atom is 0.421 e. The van der Waals surface area contributed by atoms with E-state index in [1.54, 1.807) is 6.07 Å². The fourth-order valence-electron chi connectivity index (χ4n) is 2.45. The van der Waals surface area contributed by atoms with Gasteiger partial charge in [-0.1, -0.05) is 45.9 Å². The summed E-state index contributed by atoms with van der Waals surface area (Å²) in [7, 11) is 0. The van der Waals surface area contributed by atoms with Crippen molar-refractivity contribution >= 4 is 0 Å². The van der Waals surface area contributed by atoms with Crippen LogP contribution in [-0.4, -0.2) is 11.3 Å². The highest BCUT2D eigenvalue weighted by Gasteiger charge is 2.52. The molecule has 0 fully saturated rings. The third-order valence-electron chi connectivity index (χ3n) is 3.52. The lowest BCUT2D eigenvalue weighted by Crippen LogP contribution is -2.40. The van der Waals surface area contributed by atoms with Crippen molar-refractivity contribution in [2.45, 2.75) is 59.2 Å². The van der Waals surface area contributed by atoms with E-state index < -0.39 is 11.8 Å². The zero-order valence-corrected chi connectivity index (χ0v) is 13.4. The van der Waals surface area contributed by atoms with Crippen LogP contribution in [0, 0.1) is 11.8 Å². The van der Waals surface area contributed by atoms with Crippen LogP contribution in [0.15, 0.2) is 18.2 Å². The quantitative estimate of drug-likeness (QED) is 0.824. The van der Waals surface area contributed by atoms with Gasteiger partial charge in [0.05, 0.1) is 0 Å². The maximum absolute atomic E-state index is 13.2. The molecule has 1 rings (SSSR count). The molecule has 120 valence electrons. The zero-order chi connectivity index (χ0) is 16.4. The van der Waals surface area contributed by atoms with Crippen molar-refractivity contribution in [3.63, 3.8) is 0 Å². The van der Waals surface area contributed by atoms with E-state index in [2.05, 4.69) is 0 Å². The van der Waals surface area contributed by atoms with E-state index in [0.29, 0.717) is 24.3 Å². The maximum atomic E-state index is 13.2. The summed E-state index contributed by atoms with van der Waals surface area (Å²) in [6.07, 6.45) is -3.47. The fourth-order valence-corrected chi connectivity index (χ4v) is 2.45. The lowest BCUT2D eigenvalue weighted by Gasteiger charge is -2.30. The van der Waals surface area contributed by atoms with Crippen molar-refractivity contribution in [1.82, 2.24) is 0 Å². The van der Waals surface area contributed by atoms with Gasteiger partial charge in [0.2, 0.25) is 0 Å². The van der Waals surface area contributed by atoms with Gasteiger partial charge in [-0.15, -0.1) is 0 Å². The first-order chi connectivity index (χ1) is 9.45. The molecule has 1 nitrogen and oxygen atoms in total. The lowest BCUT2D eigenvalue weighted by molar-refractivity contribution is -0.259. The van der Waals surface area contributed by atoms with Gasteiger partial charge < -0.3 is 5.11 Å². The van der Waals surface area contributed by atoms with Crippen LogP contribution in [0.25, 0.3) is 0 Å². The van der Waals surface area contributed by atoms with Gasteiger partial charge in [0.15, 0.2) is 5.60 Å². The van der Waals surface area contributed by atoms with Crippen LogP contribution < -0.4 is 0 Å². The van der Waals surface area contributed by atoms with Crippen molar-refractivity contribution in [3.05, 3.63) is 34.9 Å². The predicted octanol–water partition coefficient (Wildman–Crippen LogP) is 4.85. The first-order valence-electron chi connectivity index (χ1n) is 7.36. The zero-order valence-electron chi connectivity index (χ0n) is 13.4. The summed E-state index contributed by atoms with van der Waals surface area (Å²) in [5.74, 6) is 0.577. The Labute approximate surface area is 125 Å². The van der Waals surface area contributed by atoms with Gasteiger partial charge in [-0.05, 0) is 48.3 Å².